The molecule has 0 amide bonds. The number of carbonyl (C=O) groups is 1. The Balaban J connectivity index is 2.34. The standard InChI is InChI=1S/C13H16BrNOS/c1-10(16)12-4-3-11(14)9-13(12)15-5-2-7-17-8-6-15/h3-4,9H,2,5-8H2,1H3. The lowest BCUT2D eigenvalue weighted by Crippen LogP contribution is -2.27. The second kappa shape index (κ2) is 5.91. The average Bonchev–Trinajstić information content (AvgIpc) is 2.56. The molecule has 1 aliphatic heterocycles. The molecule has 1 heterocycles. The monoisotopic (exact) mass is 313 g/mol. The third-order valence-corrected chi connectivity index (χ3v) is 4.44. The van der Waals surface area contributed by atoms with Gasteiger partial charge in [0.05, 0.1) is 0 Å². The van der Waals surface area contributed by atoms with Crippen molar-refractivity contribution in [1.82, 2.24) is 0 Å². The molecule has 1 aromatic rings. The van der Waals surface area contributed by atoms with E-state index in [2.05, 4.69) is 26.9 Å². The SMILES string of the molecule is CC(=O)c1ccc(Br)cc1N1CCCSCC1. The van der Waals surface area contributed by atoms with E-state index in [1.807, 2.05) is 23.9 Å². The van der Waals surface area contributed by atoms with Crippen molar-refractivity contribution in [1.29, 1.82) is 0 Å². The minimum absolute atomic E-state index is 0.143. The first-order valence-corrected chi connectivity index (χ1v) is 7.76. The summed E-state index contributed by atoms with van der Waals surface area (Å²) in [7, 11) is 0. The van der Waals surface area contributed by atoms with E-state index in [0.29, 0.717) is 0 Å². The van der Waals surface area contributed by atoms with Crippen LogP contribution in [0.5, 0.6) is 0 Å². The molecule has 0 aromatic heterocycles. The van der Waals surface area contributed by atoms with Crippen molar-refractivity contribution in [3.8, 4) is 0 Å². The summed E-state index contributed by atoms with van der Waals surface area (Å²) in [6, 6.07) is 5.92. The fourth-order valence-electron chi connectivity index (χ4n) is 2.05. The van der Waals surface area contributed by atoms with Crippen LogP contribution in [0.25, 0.3) is 0 Å². The average molecular weight is 314 g/mol. The lowest BCUT2D eigenvalue weighted by atomic mass is 10.1. The van der Waals surface area contributed by atoms with Crippen molar-refractivity contribution in [2.24, 2.45) is 0 Å². The molecule has 17 heavy (non-hydrogen) atoms. The molecular formula is C13H16BrNOS. The Hall–Kier alpha value is -0.480. The van der Waals surface area contributed by atoms with Crippen LogP contribution >= 0.6 is 27.7 Å². The summed E-state index contributed by atoms with van der Waals surface area (Å²) in [6.07, 6.45) is 1.19. The van der Waals surface area contributed by atoms with Crippen LogP contribution in [-0.4, -0.2) is 30.4 Å². The van der Waals surface area contributed by atoms with Gasteiger partial charge in [0.25, 0.3) is 0 Å². The Morgan fingerprint density at radius 2 is 2.18 bits per heavy atom. The number of halogens is 1. The zero-order chi connectivity index (χ0) is 12.3. The lowest BCUT2D eigenvalue weighted by molar-refractivity contribution is 0.101. The van der Waals surface area contributed by atoms with Crippen LogP contribution in [0.15, 0.2) is 22.7 Å². The fourth-order valence-corrected chi connectivity index (χ4v) is 3.29. The smallest absolute Gasteiger partial charge is 0.161 e. The number of hydrogen-bond donors (Lipinski definition) is 0. The number of ketones is 1. The first-order valence-electron chi connectivity index (χ1n) is 5.81. The van der Waals surface area contributed by atoms with Crippen LogP contribution in [0.1, 0.15) is 23.7 Å². The summed E-state index contributed by atoms with van der Waals surface area (Å²) in [5.41, 5.74) is 1.91. The molecule has 0 radical (unpaired) electrons. The number of thioether (sulfide) groups is 1. The first kappa shape index (κ1) is 13.0. The zero-order valence-electron chi connectivity index (χ0n) is 9.91. The number of anilines is 1. The predicted molar refractivity (Wildman–Crippen MR) is 78.3 cm³/mol. The van der Waals surface area contributed by atoms with Crippen LogP contribution in [0.4, 0.5) is 5.69 Å². The van der Waals surface area contributed by atoms with E-state index in [4.69, 9.17) is 0 Å². The van der Waals surface area contributed by atoms with Gasteiger partial charge in [-0.1, -0.05) is 15.9 Å². The molecular weight excluding hydrogens is 298 g/mol. The maximum Gasteiger partial charge on any atom is 0.161 e. The highest BCUT2D eigenvalue weighted by molar-refractivity contribution is 9.10. The van der Waals surface area contributed by atoms with Crippen molar-refractivity contribution < 1.29 is 4.79 Å². The maximum atomic E-state index is 11.7. The molecule has 1 aromatic carbocycles. The molecule has 4 heteroatoms. The van der Waals surface area contributed by atoms with E-state index in [-0.39, 0.29) is 5.78 Å². The van der Waals surface area contributed by atoms with Gasteiger partial charge in [-0.3, -0.25) is 4.79 Å². The van der Waals surface area contributed by atoms with Crippen molar-refractivity contribution >= 4 is 39.2 Å². The Kier molecular flexibility index (Phi) is 4.51. The van der Waals surface area contributed by atoms with E-state index >= 15 is 0 Å². The highest BCUT2D eigenvalue weighted by Gasteiger charge is 2.16. The quantitative estimate of drug-likeness (QED) is 0.778. The Morgan fingerprint density at radius 1 is 1.35 bits per heavy atom. The third-order valence-electron chi connectivity index (χ3n) is 2.90. The molecule has 2 nitrogen and oxygen atoms in total. The van der Waals surface area contributed by atoms with Gasteiger partial charge in [0.1, 0.15) is 0 Å². The minimum Gasteiger partial charge on any atom is -0.370 e. The van der Waals surface area contributed by atoms with Gasteiger partial charge in [-0.25, -0.2) is 0 Å². The Bertz CT molecular complexity index is 414. The number of carbonyl (C=O) groups excluding carboxylic acids is 1. The molecule has 0 unspecified atom stereocenters. The van der Waals surface area contributed by atoms with Crippen molar-refractivity contribution in [2.75, 3.05) is 29.5 Å². The largest absolute Gasteiger partial charge is 0.370 e. The molecule has 0 saturated carbocycles. The Labute approximate surface area is 115 Å². The van der Waals surface area contributed by atoms with Crippen molar-refractivity contribution in [2.45, 2.75) is 13.3 Å². The molecule has 2 rings (SSSR count). The van der Waals surface area contributed by atoms with Gasteiger partial charge in [-0.15, -0.1) is 0 Å². The van der Waals surface area contributed by atoms with Gasteiger partial charge >= 0.3 is 0 Å². The van der Waals surface area contributed by atoms with Gasteiger partial charge in [0, 0.05) is 34.6 Å². The van der Waals surface area contributed by atoms with Crippen LogP contribution < -0.4 is 4.90 Å². The number of rotatable bonds is 2. The molecule has 0 aliphatic carbocycles. The van der Waals surface area contributed by atoms with E-state index in [1.165, 1.54) is 12.2 Å². The molecule has 0 spiro atoms. The number of benzene rings is 1. The van der Waals surface area contributed by atoms with Crippen LogP contribution in [0.2, 0.25) is 0 Å². The molecule has 0 N–H and O–H groups in total. The van der Waals surface area contributed by atoms with Gasteiger partial charge in [-0.2, -0.15) is 11.8 Å². The summed E-state index contributed by atoms with van der Waals surface area (Å²) < 4.78 is 1.04. The molecule has 1 aliphatic rings. The third kappa shape index (κ3) is 3.26. The van der Waals surface area contributed by atoms with Crippen LogP contribution in [-0.2, 0) is 0 Å². The van der Waals surface area contributed by atoms with E-state index in [9.17, 15) is 4.79 Å². The Morgan fingerprint density at radius 3 is 2.94 bits per heavy atom. The number of hydrogen-bond acceptors (Lipinski definition) is 3. The van der Waals surface area contributed by atoms with Crippen molar-refractivity contribution in [3.05, 3.63) is 28.2 Å². The van der Waals surface area contributed by atoms with Crippen LogP contribution in [0.3, 0.4) is 0 Å². The lowest BCUT2D eigenvalue weighted by Gasteiger charge is -2.24. The summed E-state index contributed by atoms with van der Waals surface area (Å²) >= 11 is 5.48. The molecule has 1 saturated heterocycles. The van der Waals surface area contributed by atoms with E-state index < -0.39 is 0 Å². The summed E-state index contributed by atoms with van der Waals surface area (Å²) in [5.74, 6) is 2.51. The van der Waals surface area contributed by atoms with E-state index in [1.54, 1.807) is 6.92 Å². The molecule has 0 atom stereocenters. The summed E-state index contributed by atoms with van der Waals surface area (Å²) in [6.45, 7) is 3.71. The van der Waals surface area contributed by atoms with Crippen LogP contribution in [0, 0.1) is 0 Å². The van der Waals surface area contributed by atoms with Crippen molar-refractivity contribution in [3.63, 3.8) is 0 Å². The van der Waals surface area contributed by atoms with Gasteiger partial charge in [-0.05, 0) is 37.3 Å². The molecule has 0 bridgehead atoms. The van der Waals surface area contributed by atoms with E-state index in [0.717, 1.165) is 34.6 Å². The molecule has 92 valence electrons. The molecule has 1 fully saturated rings. The highest BCUT2D eigenvalue weighted by Crippen LogP contribution is 2.27. The first-order chi connectivity index (χ1) is 8.18. The maximum absolute atomic E-state index is 11.7. The fraction of sp³-hybridized carbons (Fsp3) is 0.462. The van der Waals surface area contributed by atoms with Gasteiger partial charge in [0.15, 0.2) is 5.78 Å². The number of Topliss-reactive ketones (excluding diaryl/α,β-unsaturated/α-hetero) is 1. The summed E-state index contributed by atoms with van der Waals surface area (Å²) in [5, 5.41) is 0. The topological polar surface area (TPSA) is 20.3 Å². The van der Waals surface area contributed by atoms with Gasteiger partial charge in [0.2, 0.25) is 0 Å². The predicted octanol–water partition coefficient (Wildman–Crippen LogP) is 3.60. The highest BCUT2D eigenvalue weighted by atomic mass is 79.9. The van der Waals surface area contributed by atoms with Gasteiger partial charge < -0.3 is 4.90 Å². The second-order valence-electron chi connectivity index (χ2n) is 4.17. The zero-order valence-corrected chi connectivity index (χ0v) is 12.3. The normalized spacial score (nSPS) is 16.7. The second-order valence-corrected chi connectivity index (χ2v) is 6.31. The minimum atomic E-state index is 0.143. The number of nitrogens with zero attached hydrogens (tertiary/aromatic N) is 1. The summed E-state index contributed by atoms with van der Waals surface area (Å²) in [4.78, 5) is 14.0.